The number of rotatable bonds is 5. The fraction of sp³-hybridized carbons (Fsp3) is 0.312. The average molecular weight is 363 g/mol. The fourth-order valence-corrected chi connectivity index (χ4v) is 2.34. The second-order valence-corrected chi connectivity index (χ2v) is 6.36. The molecule has 0 atom stereocenters. The van der Waals surface area contributed by atoms with Crippen molar-refractivity contribution in [2.24, 2.45) is 5.92 Å². The van der Waals surface area contributed by atoms with Crippen molar-refractivity contribution in [1.82, 2.24) is 9.97 Å². The molecular weight excluding hydrogens is 344 g/mol. The minimum atomic E-state index is -0.236. The van der Waals surface area contributed by atoms with Gasteiger partial charge in [-0.1, -0.05) is 19.9 Å². The van der Waals surface area contributed by atoms with Crippen molar-refractivity contribution >= 4 is 33.5 Å². The van der Waals surface area contributed by atoms with Crippen LogP contribution in [0.4, 0.5) is 11.6 Å². The van der Waals surface area contributed by atoms with Crippen LogP contribution in [0, 0.1) is 12.8 Å². The summed E-state index contributed by atoms with van der Waals surface area (Å²) in [5.41, 5.74) is 2.26. The van der Waals surface area contributed by atoms with Gasteiger partial charge in [0.2, 0.25) is 5.95 Å². The van der Waals surface area contributed by atoms with Crippen LogP contribution < -0.4 is 10.6 Å². The lowest BCUT2D eigenvalue weighted by molar-refractivity contribution is 0.102. The molecule has 0 aliphatic heterocycles. The third kappa shape index (κ3) is 4.53. The van der Waals surface area contributed by atoms with Crippen LogP contribution in [-0.2, 0) is 0 Å². The SMILES string of the molecule is Cc1ccc(NC(=O)c2cnc(NCC(C)C)nc2)c(Br)c1. The molecule has 5 nitrogen and oxygen atoms in total. The number of carbonyl (C=O) groups excluding carboxylic acids is 1. The standard InChI is InChI=1S/C16H19BrN4O/c1-10(2)7-18-16-19-8-12(9-20-16)15(22)21-14-5-4-11(3)6-13(14)17/h4-6,8-10H,7H2,1-3H3,(H,21,22)(H,18,19,20). The number of hydrogen-bond donors (Lipinski definition) is 2. The van der Waals surface area contributed by atoms with E-state index >= 15 is 0 Å². The zero-order valence-corrected chi connectivity index (χ0v) is 14.4. The third-order valence-corrected chi connectivity index (χ3v) is 3.61. The number of carbonyl (C=O) groups is 1. The number of aromatic nitrogens is 2. The van der Waals surface area contributed by atoms with Crippen LogP contribution in [0.2, 0.25) is 0 Å². The topological polar surface area (TPSA) is 66.9 Å². The summed E-state index contributed by atoms with van der Waals surface area (Å²) in [6, 6.07) is 5.75. The van der Waals surface area contributed by atoms with Crippen LogP contribution in [-0.4, -0.2) is 22.4 Å². The molecule has 2 aromatic rings. The lowest BCUT2D eigenvalue weighted by Crippen LogP contribution is -2.15. The van der Waals surface area contributed by atoms with E-state index in [4.69, 9.17) is 0 Å². The summed E-state index contributed by atoms with van der Waals surface area (Å²) in [7, 11) is 0. The molecule has 1 aromatic carbocycles. The molecule has 0 radical (unpaired) electrons. The molecule has 22 heavy (non-hydrogen) atoms. The van der Waals surface area contributed by atoms with E-state index in [-0.39, 0.29) is 5.91 Å². The first-order valence-electron chi connectivity index (χ1n) is 7.09. The van der Waals surface area contributed by atoms with Gasteiger partial charge in [-0.05, 0) is 46.5 Å². The Kier molecular flexibility index (Phi) is 5.49. The summed E-state index contributed by atoms with van der Waals surface area (Å²) in [4.78, 5) is 20.5. The summed E-state index contributed by atoms with van der Waals surface area (Å²) >= 11 is 3.44. The van der Waals surface area contributed by atoms with Crippen LogP contribution in [0.25, 0.3) is 0 Å². The number of aryl methyl sites for hydroxylation is 1. The highest BCUT2D eigenvalue weighted by Crippen LogP contribution is 2.23. The Hall–Kier alpha value is -1.95. The molecule has 1 amide bonds. The predicted molar refractivity (Wildman–Crippen MR) is 92.2 cm³/mol. The zero-order chi connectivity index (χ0) is 16.1. The van der Waals surface area contributed by atoms with Crippen molar-refractivity contribution in [3.8, 4) is 0 Å². The quantitative estimate of drug-likeness (QED) is 0.846. The fourth-order valence-electron chi connectivity index (χ4n) is 1.75. The molecule has 2 rings (SSSR count). The normalized spacial score (nSPS) is 10.6. The van der Waals surface area contributed by atoms with Crippen LogP contribution in [0.15, 0.2) is 35.1 Å². The first kappa shape index (κ1) is 16.4. The van der Waals surface area contributed by atoms with Crippen molar-refractivity contribution in [2.45, 2.75) is 20.8 Å². The van der Waals surface area contributed by atoms with Gasteiger partial charge >= 0.3 is 0 Å². The molecule has 1 heterocycles. The van der Waals surface area contributed by atoms with Crippen molar-refractivity contribution in [1.29, 1.82) is 0 Å². The summed E-state index contributed by atoms with van der Waals surface area (Å²) < 4.78 is 0.844. The molecule has 0 unspecified atom stereocenters. The van der Waals surface area contributed by atoms with Crippen molar-refractivity contribution in [3.05, 3.63) is 46.2 Å². The predicted octanol–water partition coefficient (Wildman–Crippen LogP) is 3.87. The Morgan fingerprint density at radius 2 is 1.95 bits per heavy atom. The monoisotopic (exact) mass is 362 g/mol. The van der Waals surface area contributed by atoms with Gasteiger partial charge in [-0.3, -0.25) is 4.79 Å². The molecule has 1 aromatic heterocycles. The van der Waals surface area contributed by atoms with E-state index in [0.29, 0.717) is 17.4 Å². The Morgan fingerprint density at radius 3 is 2.55 bits per heavy atom. The number of nitrogens with one attached hydrogen (secondary N) is 2. The van der Waals surface area contributed by atoms with Crippen molar-refractivity contribution in [2.75, 3.05) is 17.2 Å². The van der Waals surface area contributed by atoms with E-state index < -0.39 is 0 Å². The van der Waals surface area contributed by atoms with Crippen LogP contribution in [0.3, 0.4) is 0 Å². The zero-order valence-electron chi connectivity index (χ0n) is 12.9. The maximum Gasteiger partial charge on any atom is 0.258 e. The third-order valence-electron chi connectivity index (χ3n) is 2.96. The summed E-state index contributed by atoms with van der Waals surface area (Å²) in [6.45, 7) is 7.00. The van der Waals surface area contributed by atoms with E-state index in [0.717, 1.165) is 22.3 Å². The van der Waals surface area contributed by atoms with Crippen molar-refractivity contribution < 1.29 is 4.79 Å². The molecule has 0 aliphatic rings. The molecule has 0 bridgehead atoms. The number of anilines is 2. The Balaban J connectivity index is 2.03. The van der Waals surface area contributed by atoms with E-state index in [1.807, 2.05) is 25.1 Å². The number of nitrogens with zero attached hydrogens (tertiary/aromatic N) is 2. The molecule has 0 saturated heterocycles. The highest BCUT2D eigenvalue weighted by atomic mass is 79.9. The maximum atomic E-state index is 12.2. The van der Waals surface area contributed by atoms with Gasteiger partial charge in [0.1, 0.15) is 0 Å². The Bertz CT molecular complexity index is 656. The van der Waals surface area contributed by atoms with Gasteiger partial charge in [-0.25, -0.2) is 9.97 Å². The van der Waals surface area contributed by atoms with Crippen LogP contribution in [0.5, 0.6) is 0 Å². The van der Waals surface area contributed by atoms with Gasteiger partial charge in [0.15, 0.2) is 0 Å². The first-order valence-corrected chi connectivity index (χ1v) is 7.88. The maximum absolute atomic E-state index is 12.2. The van der Waals surface area contributed by atoms with Crippen LogP contribution in [0.1, 0.15) is 29.8 Å². The minimum Gasteiger partial charge on any atom is -0.354 e. The molecular formula is C16H19BrN4O. The van der Waals surface area contributed by atoms with Gasteiger partial charge in [0, 0.05) is 23.4 Å². The first-order chi connectivity index (χ1) is 10.5. The molecule has 6 heteroatoms. The smallest absolute Gasteiger partial charge is 0.258 e. The Morgan fingerprint density at radius 1 is 1.27 bits per heavy atom. The summed E-state index contributed by atoms with van der Waals surface area (Å²) in [5, 5.41) is 5.95. The van der Waals surface area contributed by atoms with E-state index in [1.165, 1.54) is 12.4 Å². The van der Waals surface area contributed by atoms with Crippen LogP contribution >= 0.6 is 15.9 Å². The van der Waals surface area contributed by atoms with Gasteiger partial charge < -0.3 is 10.6 Å². The average Bonchev–Trinajstić information content (AvgIpc) is 2.48. The summed E-state index contributed by atoms with van der Waals surface area (Å²) in [6.07, 6.45) is 3.04. The largest absolute Gasteiger partial charge is 0.354 e. The minimum absolute atomic E-state index is 0.236. The van der Waals surface area contributed by atoms with Gasteiger partial charge in [-0.15, -0.1) is 0 Å². The van der Waals surface area contributed by atoms with E-state index in [2.05, 4.69) is 50.4 Å². The van der Waals surface area contributed by atoms with Gasteiger partial charge in [0.25, 0.3) is 5.91 Å². The van der Waals surface area contributed by atoms with E-state index in [9.17, 15) is 4.79 Å². The molecule has 116 valence electrons. The Labute approximate surface area is 138 Å². The van der Waals surface area contributed by atoms with E-state index in [1.54, 1.807) is 0 Å². The van der Waals surface area contributed by atoms with Crippen molar-refractivity contribution in [3.63, 3.8) is 0 Å². The highest BCUT2D eigenvalue weighted by Gasteiger charge is 2.10. The number of amides is 1. The molecule has 0 spiro atoms. The summed E-state index contributed by atoms with van der Waals surface area (Å²) in [5.74, 6) is 0.798. The molecule has 2 N–H and O–H groups in total. The number of halogens is 1. The second kappa shape index (κ2) is 7.35. The molecule has 0 fully saturated rings. The lowest BCUT2D eigenvalue weighted by atomic mass is 10.2. The highest BCUT2D eigenvalue weighted by molar-refractivity contribution is 9.10. The second-order valence-electron chi connectivity index (χ2n) is 5.51. The van der Waals surface area contributed by atoms with Gasteiger partial charge in [0.05, 0.1) is 11.3 Å². The molecule has 0 saturated carbocycles. The molecule has 0 aliphatic carbocycles. The lowest BCUT2D eigenvalue weighted by Gasteiger charge is -2.09. The number of hydrogen-bond acceptors (Lipinski definition) is 4. The number of benzene rings is 1. The van der Waals surface area contributed by atoms with Gasteiger partial charge in [-0.2, -0.15) is 0 Å².